The standard InChI is InChI=1S/C14H10ClNS2/c15-14(10(8-16)12-5-2-6-17-12)13-7-9-3-1-4-11(9)18-13/h2,5-7H,1,3-4H2/b14-10-. The zero-order valence-corrected chi connectivity index (χ0v) is 12.0. The lowest BCUT2D eigenvalue weighted by atomic mass is 10.2. The molecule has 0 unspecified atom stereocenters. The van der Waals surface area contributed by atoms with Crippen LogP contribution in [0.15, 0.2) is 23.6 Å². The van der Waals surface area contributed by atoms with E-state index in [1.54, 1.807) is 22.7 Å². The molecule has 90 valence electrons. The zero-order valence-electron chi connectivity index (χ0n) is 9.57. The first kappa shape index (κ1) is 12.0. The highest BCUT2D eigenvalue weighted by atomic mass is 35.5. The molecule has 0 radical (unpaired) electrons. The molecule has 0 N–H and O–H groups in total. The van der Waals surface area contributed by atoms with Crippen LogP contribution in [0.5, 0.6) is 0 Å². The lowest BCUT2D eigenvalue weighted by Crippen LogP contribution is -1.80. The first-order valence-corrected chi connectivity index (χ1v) is 7.82. The molecule has 1 nitrogen and oxygen atoms in total. The molecule has 2 heterocycles. The molecule has 0 spiro atoms. The Kier molecular flexibility index (Phi) is 3.25. The van der Waals surface area contributed by atoms with Gasteiger partial charge in [0.25, 0.3) is 0 Å². The van der Waals surface area contributed by atoms with Crippen LogP contribution in [0.4, 0.5) is 0 Å². The molecular weight excluding hydrogens is 282 g/mol. The second kappa shape index (κ2) is 4.89. The molecule has 0 bridgehead atoms. The van der Waals surface area contributed by atoms with Crippen LogP contribution in [0, 0.1) is 11.3 Å². The van der Waals surface area contributed by atoms with Crippen LogP contribution >= 0.6 is 34.3 Å². The Hall–Kier alpha value is -1.08. The number of rotatable bonds is 2. The van der Waals surface area contributed by atoms with Crippen LogP contribution in [0.2, 0.25) is 0 Å². The molecule has 0 fully saturated rings. The molecule has 18 heavy (non-hydrogen) atoms. The number of hydrogen-bond acceptors (Lipinski definition) is 3. The van der Waals surface area contributed by atoms with Gasteiger partial charge in [-0.25, -0.2) is 0 Å². The Morgan fingerprint density at radius 2 is 2.22 bits per heavy atom. The number of aryl methyl sites for hydroxylation is 2. The summed E-state index contributed by atoms with van der Waals surface area (Å²) in [6.07, 6.45) is 3.56. The van der Waals surface area contributed by atoms with Gasteiger partial charge in [0.15, 0.2) is 0 Å². The molecule has 1 aliphatic carbocycles. The highest BCUT2D eigenvalue weighted by Crippen LogP contribution is 2.39. The molecule has 1 aliphatic rings. The van der Waals surface area contributed by atoms with E-state index in [0.29, 0.717) is 10.6 Å². The molecule has 0 aromatic carbocycles. The second-order valence-corrected chi connectivity index (χ2v) is 6.65. The van der Waals surface area contributed by atoms with Crippen molar-refractivity contribution in [3.05, 3.63) is 43.8 Å². The smallest absolute Gasteiger partial charge is 0.102 e. The van der Waals surface area contributed by atoms with Gasteiger partial charge in [0, 0.05) is 14.6 Å². The van der Waals surface area contributed by atoms with Crippen LogP contribution in [-0.4, -0.2) is 0 Å². The van der Waals surface area contributed by atoms with Crippen molar-refractivity contribution in [2.75, 3.05) is 0 Å². The highest BCUT2D eigenvalue weighted by molar-refractivity contribution is 7.14. The Labute approximate surface area is 119 Å². The molecule has 0 amide bonds. The largest absolute Gasteiger partial charge is 0.192 e. The topological polar surface area (TPSA) is 23.8 Å². The maximum atomic E-state index is 9.30. The number of nitriles is 1. The van der Waals surface area contributed by atoms with E-state index in [9.17, 15) is 5.26 Å². The van der Waals surface area contributed by atoms with Gasteiger partial charge in [0.2, 0.25) is 0 Å². The molecule has 0 saturated heterocycles. The Morgan fingerprint density at radius 1 is 1.33 bits per heavy atom. The molecular formula is C14H10ClNS2. The minimum Gasteiger partial charge on any atom is -0.192 e. The molecule has 2 aromatic rings. The predicted molar refractivity (Wildman–Crippen MR) is 78.9 cm³/mol. The van der Waals surface area contributed by atoms with E-state index in [0.717, 1.165) is 22.6 Å². The van der Waals surface area contributed by atoms with Crippen molar-refractivity contribution < 1.29 is 0 Å². The van der Waals surface area contributed by atoms with Gasteiger partial charge in [-0.15, -0.1) is 22.7 Å². The third-order valence-corrected chi connectivity index (χ3v) is 5.71. The molecule has 3 rings (SSSR count). The van der Waals surface area contributed by atoms with Crippen molar-refractivity contribution in [3.8, 4) is 6.07 Å². The summed E-state index contributed by atoms with van der Waals surface area (Å²) in [4.78, 5) is 3.41. The average molecular weight is 292 g/mol. The highest BCUT2D eigenvalue weighted by Gasteiger charge is 2.18. The van der Waals surface area contributed by atoms with Crippen LogP contribution < -0.4 is 0 Å². The van der Waals surface area contributed by atoms with Gasteiger partial charge < -0.3 is 0 Å². The summed E-state index contributed by atoms with van der Waals surface area (Å²) >= 11 is 9.69. The first-order valence-electron chi connectivity index (χ1n) is 5.75. The van der Waals surface area contributed by atoms with Gasteiger partial charge in [0.05, 0.1) is 10.6 Å². The van der Waals surface area contributed by atoms with Gasteiger partial charge in [0.1, 0.15) is 6.07 Å². The maximum absolute atomic E-state index is 9.30. The zero-order chi connectivity index (χ0) is 12.5. The van der Waals surface area contributed by atoms with E-state index < -0.39 is 0 Å². The summed E-state index contributed by atoms with van der Waals surface area (Å²) in [6.45, 7) is 0. The van der Waals surface area contributed by atoms with E-state index in [1.807, 2.05) is 17.5 Å². The number of thiophene rings is 2. The number of halogens is 1. The van der Waals surface area contributed by atoms with E-state index >= 15 is 0 Å². The molecule has 4 heteroatoms. The Morgan fingerprint density at radius 3 is 2.89 bits per heavy atom. The second-order valence-electron chi connectivity index (χ2n) is 4.19. The van der Waals surface area contributed by atoms with E-state index in [4.69, 9.17) is 11.6 Å². The van der Waals surface area contributed by atoms with E-state index in [-0.39, 0.29) is 0 Å². The first-order chi connectivity index (χ1) is 8.79. The lowest BCUT2D eigenvalue weighted by Gasteiger charge is -1.99. The minimum atomic E-state index is 0.589. The fourth-order valence-electron chi connectivity index (χ4n) is 2.19. The SMILES string of the molecule is N#C/C(=C(/Cl)c1cc2c(s1)CCC2)c1cccs1. The summed E-state index contributed by atoms with van der Waals surface area (Å²) in [7, 11) is 0. The number of allylic oxidation sites excluding steroid dienone is 1. The Balaban J connectivity index is 2.06. The monoisotopic (exact) mass is 291 g/mol. The van der Waals surface area contributed by atoms with Crippen LogP contribution in [0.3, 0.4) is 0 Å². The van der Waals surface area contributed by atoms with Crippen molar-refractivity contribution in [2.45, 2.75) is 19.3 Å². The van der Waals surface area contributed by atoms with Gasteiger partial charge >= 0.3 is 0 Å². The molecule has 2 aromatic heterocycles. The average Bonchev–Trinajstić information content (AvgIpc) is 3.05. The summed E-state index contributed by atoms with van der Waals surface area (Å²) in [6, 6.07) is 8.26. The molecule has 0 saturated carbocycles. The van der Waals surface area contributed by atoms with Crippen LogP contribution in [0.1, 0.15) is 26.6 Å². The van der Waals surface area contributed by atoms with Crippen LogP contribution in [0.25, 0.3) is 10.6 Å². The quantitative estimate of drug-likeness (QED) is 0.720. The maximum Gasteiger partial charge on any atom is 0.102 e. The Bertz CT molecular complexity index is 622. The van der Waals surface area contributed by atoms with Crippen molar-refractivity contribution in [3.63, 3.8) is 0 Å². The van der Waals surface area contributed by atoms with Gasteiger partial charge in [-0.2, -0.15) is 5.26 Å². The lowest BCUT2D eigenvalue weighted by molar-refractivity contribution is 0.914. The molecule has 0 atom stereocenters. The van der Waals surface area contributed by atoms with Crippen molar-refractivity contribution in [2.24, 2.45) is 0 Å². The van der Waals surface area contributed by atoms with Gasteiger partial charge in [-0.3, -0.25) is 0 Å². The molecule has 0 aliphatic heterocycles. The normalized spacial score (nSPS) is 15.1. The van der Waals surface area contributed by atoms with Crippen molar-refractivity contribution in [1.82, 2.24) is 0 Å². The summed E-state index contributed by atoms with van der Waals surface area (Å²) in [5.74, 6) is 0. The van der Waals surface area contributed by atoms with Crippen molar-refractivity contribution in [1.29, 1.82) is 5.26 Å². The summed E-state index contributed by atoms with van der Waals surface area (Å²) in [5.41, 5.74) is 2.00. The van der Waals surface area contributed by atoms with Gasteiger partial charge in [-0.1, -0.05) is 17.7 Å². The van der Waals surface area contributed by atoms with Gasteiger partial charge in [-0.05, 0) is 42.3 Å². The number of fused-ring (bicyclic) bond motifs is 1. The fourth-order valence-corrected chi connectivity index (χ4v) is 4.49. The van der Waals surface area contributed by atoms with Crippen LogP contribution in [-0.2, 0) is 12.8 Å². The summed E-state index contributed by atoms with van der Waals surface area (Å²) in [5, 5.41) is 11.9. The van der Waals surface area contributed by atoms with E-state index in [1.165, 1.54) is 16.9 Å². The number of nitrogens with zero attached hydrogens (tertiary/aromatic N) is 1. The van der Waals surface area contributed by atoms with Crippen molar-refractivity contribution >= 4 is 44.9 Å². The predicted octanol–water partition coefficient (Wildman–Crippen LogP) is 4.93. The third kappa shape index (κ3) is 2.01. The third-order valence-electron chi connectivity index (χ3n) is 3.06. The van der Waals surface area contributed by atoms with E-state index in [2.05, 4.69) is 12.1 Å². The minimum absolute atomic E-state index is 0.589. The summed E-state index contributed by atoms with van der Waals surface area (Å²) < 4.78 is 0. The number of hydrogen-bond donors (Lipinski definition) is 0. The fraction of sp³-hybridized carbons (Fsp3) is 0.214.